The quantitative estimate of drug-likeness (QED) is 0.489. The fourth-order valence-corrected chi connectivity index (χ4v) is 3.21. The molecule has 2 atom stereocenters. The molecule has 0 amide bonds. The van der Waals surface area contributed by atoms with Crippen LogP contribution in [0.4, 0.5) is 0 Å². The van der Waals surface area contributed by atoms with Crippen LogP contribution in [0.5, 0.6) is 5.75 Å². The molecular weight excluding hydrogens is 412 g/mol. The molecule has 0 saturated carbocycles. The minimum absolute atomic E-state index is 0.257. The van der Waals surface area contributed by atoms with Crippen LogP contribution in [-0.2, 0) is 9.13 Å². The van der Waals surface area contributed by atoms with Crippen LogP contribution in [0.1, 0.15) is 0 Å². The van der Waals surface area contributed by atoms with Crippen molar-refractivity contribution < 1.29 is 33.4 Å². The zero-order chi connectivity index (χ0) is 14.2. The molecule has 1 N–H and O–H groups in total. The van der Waals surface area contributed by atoms with Crippen LogP contribution in [-0.4, -0.2) is 30.7 Å². The second-order valence-corrected chi connectivity index (χ2v) is 11.9. The van der Waals surface area contributed by atoms with Crippen LogP contribution in [0.3, 0.4) is 0 Å². The van der Waals surface area contributed by atoms with Gasteiger partial charge in [0.05, 0.1) is 0 Å². The van der Waals surface area contributed by atoms with Crippen molar-refractivity contribution in [1.29, 1.82) is 0 Å². The summed E-state index contributed by atoms with van der Waals surface area (Å²) in [6.45, 7) is 0. The van der Waals surface area contributed by atoms with Gasteiger partial charge in [0.2, 0.25) is 0 Å². The molecule has 1 aromatic rings. The molecular formula is C7H5ClO7P2Sn. The van der Waals surface area contributed by atoms with Crippen molar-refractivity contribution in [1.82, 2.24) is 0 Å². The Bertz CT molecular complexity index is 525. The summed E-state index contributed by atoms with van der Waals surface area (Å²) < 4.78 is 23.2. The molecule has 0 aliphatic carbocycles. The maximum absolute atomic E-state index is 11.5. The van der Waals surface area contributed by atoms with Crippen LogP contribution < -0.4 is 19.2 Å². The van der Waals surface area contributed by atoms with E-state index in [9.17, 15) is 28.9 Å². The van der Waals surface area contributed by atoms with Crippen molar-refractivity contribution >= 4 is 49.3 Å². The normalized spacial score (nSPS) is 18.8. The zero-order valence-corrected chi connectivity index (χ0v) is 13.9. The fraction of sp³-hybridized carbons (Fsp3) is 0.143. The van der Waals surface area contributed by atoms with Crippen molar-refractivity contribution in [3.8, 4) is 5.75 Å². The standard InChI is InChI=1S/C7H8ClO7P2.Sn/c8-5-1-3-6(4-2-5)15-17(13,14)7(9)16(10,11)12;/h1-4,9H,(H,13,14)(H2,10,11,12);/q;+3/p-3. The minimum atomic E-state index is -5.77. The van der Waals surface area contributed by atoms with Crippen molar-refractivity contribution in [2.24, 2.45) is 0 Å². The van der Waals surface area contributed by atoms with E-state index in [2.05, 4.69) is 4.52 Å². The first kappa shape index (κ1) is 16.5. The van der Waals surface area contributed by atoms with Gasteiger partial charge in [-0.3, -0.25) is 0 Å². The molecule has 0 aliphatic rings. The predicted octanol–water partition coefficient (Wildman–Crippen LogP) is -1.04. The third-order valence-corrected chi connectivity index (χ3v) is 10.2. The first-order valence-corrected chi connectivity index (χ1v) is 9.12. The van der Waals surface area contributed by atoms with Gasteiger partial charge >= 0.3 is 121 Å². The average molecular weight is 417 g/mol. The Morgan fingerprint density at radius 2 is 1.67 bits per heavy atom. The summed E-state index contributed by atoms with van der Waals surface area (Å²) in [6, 6.07) is 4.90. The van der Waals surface area contributed by atoms with Gasteiger partial charge < -0.3 is 0 Å². The molecule has 1 rings (SSSR count). The van der Waals surface area contributed by atoms with Crippen LogP contribution in [0.15, 0.2) is 24.3 Å². The van der Waals surface area contributed by atoms with Gasteiger partial charge in [0, 0.05) is 0 Å². The monoisotopic (exact) mass is 418 g/mol. The summed E-state index contributed by atoms with van der Waals surface area (Å²) in [7, 11) is -11.1. The molecule has 1 aromatic carbocycles. The number of aliphatic hydroxyl groups is 1. The van der Waals surface area contributed by atoms with Crippen molar-refractivity contribution in [3.05, 3.63) is 29.3 Å². The van der Waals surface area contributed by atoms with Gasteiger partial charge in [-0.1, -0.05) is 0 Å². The third kappa shape index (κ3) is 3.49. The molecule has 0 aliphatic heterocycles. The van der Waals surface area contributed by atoms with E-state index in [1.165, 1.54) is 12.1 Å². The van der Waals surface area contributed by atoms with Gasteiger partial charge in [-0.2, -0.15) is 0 Å². The summed E-state index contributed by atoms with van der Waals surface area (Å²) in [4.78, 5) is 33.0. The maximum atomic E-state index is 11.5. The Morgan fingerprint density at radius 3 is 2.06 bits per heavy atom. The van der Waals surface area contributed by atoms with E-state index in [0.29, 0.717) is 5.02 Å². The number of benzene rings is 1. The van der Waals surface area contributed by atoms with Gasteiger partial charge in [-0.05, 0) is 0 Å². The van der Waals surface area contributed by atoms with Crippen LogP contribution >= 0.6 is 26.8 Å². The molecule has 7 nitrogen and oxygen atoms in total. The molecule has 2 unspecified atom stereocenters. The first-order chi connectivity index (χ1) is 7.97. The van der Waals surface area contributed by atoms with Crippen LogP contribution in [0.2, 0.25) is 5.02 Å². The summed E-state index contributed by atoms with van der Waals surface area (Å²) in [5.74, 6) is -0.257. The van der Waals surface area contributed by atoms with E-state index in [1.54, 1.807) is 0 Å². The van der Waals surface area contributed by atoms with Gasteiger partial charge in [-0.25, -0.2) is 0 Å². The van der Waals surface area contributed by atoms with Crippen molar-refractivity contribution in [3.63, 3.8) is 0 Å². The van der Waals surface area contributed by atoms with Crippen molar-refractivity contribution in [2.75, 3.05) is 0 Å². The van der Waals surface area contributed by atoms with E-state index in [4.69, 9.17) is 11.6 Å². The molecule has 0 bridgehead atoms. The Morgan fingerprint density at radius 1 is 1.22 bits per heavy atom. The van der Waals surface area contributed by atoms with Gasteiger partial charge in [0.25, 0.3) is 0 Å². The average Bonchev–Trinajstić information content (AvgIpc) is 2.19. The van der Waals surface area contributed by atoms with Gasteiger partial charge in [0.1, 0.15) is 0 Å². The number of rotatable bonds is 4. The molecule has 0 saturated heterocycles. The number of halogens is 1. The Kier molecular flexibility index (Phi) is 4.96. The Balaban J connectivity index is 3.05. The zero-order valence-electron chi connectivity index (χ0n) is 8.48. The summed E-state index contributed by atoms with van der Waals surface area (Å²) in [6.07, 6.45) is 0. The predicted molar refractivity (Wildman–Crippen MR) is 58.0 cm³/mol. The molecule has 18 heavy (non-hydrogen) atoms. The molecule has 0 radical (unpaired) electrons. The summed E-state index contributed by atoms with van der Waals surface area (Å²) >= 11 is 5.13. The van der Waals surface area contributed by atoms with E-state index in [-0.39, 0.29) is 5.75 Å². The first-order valence-electron chi connectivity index (χ1n) is 4.23. The van der Waals surface area contributed by atoms with E-state index < -0.39 is 40.8 Å². The summed E-state index contributed by atoms with van der Waals surface area (Å²) in [5, 5.41) is 9.62. The molecule has 11 heteroatoms. The molecule has 0 aromatic heterocycles. The second-order valence-electron chi connectivity index (χ2n) is 3.18. The van der Waals surface area contributed by atoms with Crippen LogP contribution in [0, 0.1) is 0 Å². The van der Waals surface area contributed by atoms with E-state index in [0.717, 1.165) is 12.1 Å². The SMILES string of the molecule is O=P([O-])([O-])[C](O)([Sn+3])P(=O)([O-])Oc1ccc(Cl)cc1. The van der Waals surface area contributed by atoms with Crippen LogP contribution in [0.25, 0.3) is 0 Å². The topological polar surface area (TPSA) is 133 Å². The summed E-state index contributed by atoms with van der Waals surface area (Å²) in [5.41, 5.74) is 0. The third-order valence-electron chi connectivity index (χ3n) is 1.80. The molecule has 96 valence electrons. The number of hydrogen-bond donors (Lipinski definition) is 1. The fourth-order valence-electron chi connectivity index (χ4n) is 0.848. The Hall–Kier alpha value is 0.409. The molecule has 0 spiro atoms. The second kappa shape index (κ2) is 5.42. The molecule has 0 fully saturated rings. The molecule has 0 heterocycles. The van der Waals surface area contributed by atoms with Gasteiger partial charge in [0.15, 0.2) is 0 Å². The van der Waals surface area contributed by atoms with E-state index >= 15 is 0 Å². The number of hydrogen-bond acceptors (Lipinski definition) is 7. The van der Waals surface area contributed by atoms with Gasteiger partial charge in [-0.15, -0.1) is 0 Å². The van der Waals surface area contributed by atoms with E-state index in [1.807, 2.05) is 0 Å². The van der Waals surface area contributed by atoms with Crippen molar-refractivity contribution in [2.45, 2.75) is 3.10 Å². The Labute approximate surface area is 121 Å².